The molecule has 6 heteroatoms. The minimum atomic E-state index is -0.0995. The summed E-state index contributed by atoms with van der Waals surface area (Å²) >= 11 is 5.55. The Morgan fingerprint density at radius 3 is 2.75 bits per heavy atom. The monoisotopic (exact) mass is 190 g/mol. The number of hydrogen-bond donors (Lipinski definition) is 2. The third-order valence-corrected chi connectivity index (χ3v) is 1.41. The van der Waals surface area contributed by atoms with Crippen molar-refractivity contribution in [3.05, 3.63) is 17.3 Å². The van der Waals surface area contributed by atoms with Gasteiger partial charge in [-0.15, -0.1) is 5.23 Å². The average Bonchev–Trinajstić information content (AvgIpc) is 2.04. The van der Waals surface area contributed by atoms with E-state index in [1.165, 1.54) is 19.4 Å². The van der Waals surface area contributed by atoms with E-state index in [0.29, 0.717) is 5.02 Å². The molecule has 0 aliphatic carbocycles. The zero-order valence-electron chi connectivity index (χ0n) is 6.23. The van der Waals surface area contributed by atoms with Crippen LogP contribution in [0.1, 0.15) is 0 Å². The first-order valence-corrected chi connectivity index (χ1v) is 3.40. The Kier molecular flexibility index (Phi) is 2.69. The van der Waals surface area contributed by atoms with Crippen LogP contribution in [0.25, 0.3) is 0 Å². The Morgan fingerprint density at radius 1 is 1.58 bits per heavy atom. The fourth-order valence-electron chi connectivity index (χ4n) is 0.717. The molecule has 66 valence electrons. The Morgan fingerprint density at radius 2 is 2.25 bits per heavy atom. The van der Waals surface area contributed by atoms with Gasteiger partial charge in [-0.3, -0.25) is 10.4 Å². The zero-order chi connectivity index (χ0) is 9.14. The number of aromatic nitrogens is 1. The number of ether oxygens (including phenoxy) is 1. The highest BCUT2D eigenvalue weighted by molar-refractivity contribution is 6.30. The number of anilines is 1. The molecule has 0 aliphatic rings. The topological polar surface area (TPSA) is 65.8 Å². The molecule has 0 saturated carbocycles. The van der Waals surface area contributed by atoms with Gasteiger partial charge in [-0.2, -0.15) is 0 Å². The van der Waals surface area contributed by atoms with Crippen molar-refractivity contribution >= 4 is 17.3 Å². The van der Waals surface area contributed by atoms with Crippen molar-refractivity contribution in [1.82, 2.24) is 4.98 Å². The molecule has 0 spiro atoms. The number of rotatable bonds is 2. The summed E-state index contributed by atoms with van der Waals surface area (Å²) in [5, 5.41) is 17.5. The molecule has 0 unspecified atom stereocenters. The molecule has 0 aliphatic heterocycles. The van der Waals surface area contributed by atoms with E-state index < -0.39 is 0 Å². The van der Waals surface area contributed by atoms with Gasteiger partial charge in [0.25, 0.3) is 0 Å². The molecule has 0 atom stereocenters. The van der Waals surface area contributed by atoms with Crippen molar-refractivity contribution in [2.45, 2.75) is 0 Å². The Labute approximate surface area is 73.7 Å². The summed E-state index contributed by atoms with van der Waals surface area (Å²) in [4.78, 5) is 3.70. The van der Waals surface area contributed by atoms with Gasteiger partial charge < -0.3 is 4.74 Å². The lowest BCUT2D eigenvalue weighted by Crippen LogP contribution is -2.12. The summed E-state index contributed by atoms with van der Waals surface area (Å²) in [6.07, 6.45) is 1.34. The summed E-state index contributed by atoms with van der Waals surface area (Å²) in [6.45, 7) is 0. The van der Waals surface area contributed by atoms with Crippen LogP contribution in [-0.2, 0) is 0 Å². The Balaban J connectivity index is 3.12. The van der Waals surface area contributed by atoms with E-state index in [1.807, 2.05) is 0 Å². The van der Waals surface area contributed by atoms with Crippen LogP contribution in [0.5, 0.6) is 5.88 Å². The minimum absolute atomic E-state index is 0.00926. The molecule has 5 nitrogen and oxygen atoms in total. The Bertz CT molecular complexity index is 279. The number of hydrogen-bond acceptors (Lipinski definition) is 5. The summed E-state index contributed by atoms with van der Waals surface area (Å²) in [7, 11) is 1.36. The van der Waals surface area contributed by atoms with Gasteiger partial charge in [0.05, 0.1) is 12.1 Å². The van der Waals surface area contributed by atoms with Crippen molar-refractivity contribution in [2.24, 2.45) is 0 Å². The van der Waals surface area contributed by atoms with E-state index in [0.717, 1.165) is 0 Å². The van der Waals surface area contributed by atoms with Gasteiger partial charge in [0, 0.05) is 6.20 Å². The maximum Gasteiger partial charge on any atom is 0.242 e. The summed E-state index contributed by atoms with van der Waals surface area (Å²) < 4.78 is 4.73. The van der Waals surface area contributed by atoms with E-state index in [2.05, 4.69) is 4.98 Å². The third-order valence-electron chi connectivity index (χ3n) is 1.21. The maximum atomic E-state index is 8.67. The molecule has 2 N–H and O–H groups in total. The van der Waals surface area contributed by atoms with Crippen molar-refractivity contribution in [1.29, 1.82) is 0 Å². The third kappa shape index (κ3) is 1.76. The van der Waals surface area contributed by atoms with Gasteiger partial charge in [-0.1, -0.05) is 11.6 Å². The smallest absolute Gasteiger partial charge is 0.242 e. The fourth-order valence-corrected chi connectivity index (χ4v) is 0.869. The van der Waals surface area contributed by atoms with Gasteiger partial charge in [-0.25, -0.2) is 4.98 Å². The molecule has 12 heavy (non-hydrogen) atoms. The molecule has 0 fully saturated rings. The molecule has 0 aromatic carbocycles. The van der Waals surface area contributed by atoms with Gasteiger partial charge in [0.1, 0.15) is 0 Å². The first kappa shape index (κ1) is 9.05. The highest BCUT2D eigenvalue weighted by Crippen LogP contribution is 2.26. The van der Waals surface area contributed by atoms with Crippen molar-refractivity contribution in [2.75, 3.05) is 12.3 Å². The SMILES string of the molecule is COc1ncc(Cl)cc1N(O)O. The molecule has 1 aromatic rings. The van der Waals surface area contributed by atoms with E-state index in [9.17, 15) is 0 Å². The van der Waals surface area contributed by atoms with Gasteiger partial charge >= 0.3 is 0 Å². The van der Waals surface area contributed by atoms with Crippen molar-refractivity contribution in [3.63, 3.8) is 0 Å². The first-order valence-electron chi connectivity index (χ1n) is 3.02. The highest BCUT2D eigenvalue weighted by atomic mass is 35.5. The largest absolute Gasteiger partial charge is 0.479 e. The standard InChI is InChI=1S/C6H7ClN2O3/c1-12-6-5(9(10)11)2-4(7)3-8-6/h2-3,10-11H,1H3. The predicted octanol–water partition coefficient (Wildman–Crippen LogP) is 1.33. The molecule has 0 saturated heterocycles. The lowest BCUT2D eigenvalue weighted by molar-refractivity contribution is 0.0276. The maximum absolute atomic E-state index is 8.67. The van der Waals surface area contributed by atoms with Crippen LogP contribution in [0, 0.1) is 0 Å². The van der Waals surface area contributed by atoms with E-state index in [4.69, 9.17) is 26.8 Å². The molecule has 0 amide bonds. The normalized spacial score (nSPS) is 9.67. The first-order chi connectivity index (χ1) is 5.65. The van der Waals surface area contributed by atoms with Crippen LogP contribution in [0.3, 0.4) is 0 Å². The second kappa shape index (κ2) is 3.57. The van der Waals surface area contributed by atoms with Crippen LogP contribution in [0.4, 0.5) is 5.69 Å². The minimum Gasteiger partial charge on any atom is -0.479 e. The number of pyridine rings is 1. The molecular formula is C6H7ClN2O3. The lowest BCUT2D eigenvalue weighted by Gasteiger charge is -2.10. The van der Waals surface area contributed by atoms with Gasteiger partial charge in [0.2, 0.25) is 5.88 Å². The molecule has 1 rings (SSSR count). The molecule has 0 radical (unpaired) electrons. The van der Waals surface area contributed by atoms with Crippen molar-refractivity contribution < 1.29 is 15.2 Å². The van der Waals surface area contributed by atoms with E-state index >= 15 is 0 Å². The van der Waals surface area contributed by atoms with Crippen LogP contribution >= 0.6 is 11.6 Å². The van der Waals surface area contributed by atoms with Crippen LogP contribution < -0.4 is 9.96 Å². The number of halogens is 1. The Hall–Kier alpha value is -1.04. The van der Waals surface area contributed by atoms with Gasteiger partial charge in [-0.05, 0) is 6.07 Å². The average molecular weight is 191 g/mol. The number of methoxy groups -OCH3 is 1. The predicted molar refractivity (Wildman–Crippen MR) is 41.9 cm³/mol. The van der Waals surface area contributed by atoms with Crippen LogP contribution in [0.2, 0.25) is 5.02 Å². The zero-order valence-corrected chi connectivity index (χ0v) is 6.99. The van der Waals surface area contributed by atoms with Crippen molar-refractivity contribution in [3.8, 4) is 5.88 Å². The summed E-state index contributed by atoms with van der Waals surface area (Å²) in [5.74, 6) is 0.0874. The summed E-state index contributed by atoms with van der Waals surface area (Å²) in [6, 6.07) is 1.31. The van der Waals surface area contributed by atoms with E-state index in [1.54, 1.807) is 0 Å². The fraction of sp³-hybridized carbons (Fsp3) is 0.167. The molecule has 0 bridgehead atoms. The molecule has 1 aromatic heterocycles. The molecule has 1 heterocycles. The highest BCUT2D eigenvalue weighted by Gasteiger charge is 2.09. The lowest BCUT2D eigenvalue weighted by atomic mass is 10.4. The van der Waals surface area contributed by atoms with Crippen LogP contribution in [-0.4, -0.2) is 22.5 Å². The molecular weight excluding hydrogens is 184 g/mol. The quantitative estimate of drug-likeness (QED) is 0.689. The van der Waals surface area contributed by atoms with Crippen LogP contribution in [0.15, 0.2) is 12.3 Å². The number of nitrogens with zero attached hydrogens (tertiary/aromatic N) is 2. The van der Waals surface area contributed by atoms with Gasteiger partial charge in [0.15, 0.2) is 5.69 Å². The summed E-state index contributed by atoms with van der Waals surface area (Å²) in [5.41, 5.74) is -0.00926. The van der Waals surface area contributed by atoms with E-state index in [-0.39, 0.29) is 16.8 Å². The second-order valence-corrected chi connectivity index (χ2v) is 2.41. The second-order valence-electron chi connectivity index (χ2n) is 1.97.